The number of hydrogen-bond acceptors (Lipinski definition) is 3. The van der Waals surface area contributed by atoms with Gasteiger partial charge in [0.15, 0.2) is 0 Å². The molecule has 26 heavy (non-hydrogen) atoms. The highest BCUT2D eigenvalue weighted by molar-refractivity contribution is 5.77. The van der Waals surface area contributed by atoms with Crippen molar-refractivity contribution in [2.24, 2.45) is 11.8 Å². The summed E-state index contributed by atoms with van der Waals surface area (Å²) in [5.41, 5.74) is 2.44. The second kappa shape index (κ2) is 6.92. The first-order chi connectivity index (χ1) is 12.5. The average molecular weight is 352 g/mol. The van der Waals surface area contributed by atoms with E-state index in [1.807, 2.05) is 31.0 Å². The maximum absolute atomic E-state index is 12.0. The monoisotopic (exact) mass is 352 g/mol. The van der Waals surface area contributed by atoms with Gasteiger partial charge in [-0.1, -0.05) is 24.3 Å². The second-order valence-electron chi connectivity index (χ2n) is 8.15. The molecule has 1 aromatic heterocycles. The number of rotatable bonds is 4. The van der Waals surface area contributed by atoms with Crippen LogP contribution >= 0.6 is 0 Å². The summed E-state index contributed by atoms with van der Waals surface area (Å²) in [4.78, 5) is 16.3. The number of carbonyl (C=O) groups is 1. The molecule has 0 spiro atoms. The molecule has 2 heterocycles. The lowest BCUT2D eigenvalue weighted by Gasteiger charge is -2.31. The summed E-state index contributed by atoms with van der Waals surface area (Å²) in [7, 11) is 4.16. The molecule has 2 fully saturated rings. The van der Waals surface area contributed by atoms with Crippen LogP contribution in [0.2, 0.25) is 0 Å². The van der Waals surface area contributed by atoms with E-state index >= 15 is 0 Å². The number of furan rings is 1. The molecule has 0 N–H and O–H groups in total. The van der Waals surface area contributed by atoms with Crippen molar-refractivity contribution < 1.29 is 9.21 Å². The van der Waals surface area contributed by atoms with Crippen molar-refractivity contribution >= 4 is 5.91 Å². The molecule has 0 radical (unpaired) electrons. The van der Waals surface area contributed by atoms with Gasteiger partial charge in [-0.05, 0) is 56.3 Å². The van der Waals surface area contributed by atoms with Crippen molar-refractivity contribution in [3.63, 3.8) is 0 Å². The minimum absolute atomic E-state index is 0.318. The topological polar surface area (TPSA) is 36.7 Å². The molecular formula is C22H28N2O2. The highest BCUT2D eigenvalue weighted by atomic mass is 16.3. The number of likely N-dealkylation sites (tertiary alicyclic amines) is 1. The normalized spacial score (nSPS) is 25.8. The minimum atomic E-state index is 0.318. The van der Waals surface area contributed by atoms with E-state index in [-0.39, 0.29) is 0 Å². The Kier molecular flexibility index (Phi) is 4.62. The van der Waals surface area contributed by atoms with Crippen molar-refractivity contribution in [1.82, 2.24) is 9.80 Å². The summed E-state index contributed by atoms with van der Waals surface area (Å²) in [6, 6.07) is 13.3. The maximum atomic E-state index is 12.0. The highest BCUT2D eigenvalue weighted by Gasteiger charge is 2.41. The van der Waals surface area contributed by atoms with Gasteiger partial charge in [0.05, 0.1) is 0 Å². The molecule has 1 aromatic carbocycles. The van der Waals surface area contributed by atoms with Crippen LogP contribution in [0.3, 0.4) is 0 Å². The third-order valence-corrected chi connectivity index (χ3v) is 6.22. The van der Waals surface area contributed by atoms with Crippen LogP contribution < -0.4 is 0 Å². The van der Waals surface area contributed by atoms with Crippen LogP contribution in [0.5, 0.6) is 0 Å². The van der Waals surface area contributed by atoms with Gasteiger partial charge in [0.2, 0.25) is 5.91 Å². The van der Waals surface area contributed by atoms with Crippen LogP contribution in [0.1, 0.15) is 30.6 Å². The van der Waals surface area contributed by atoms with E-state index in [2.05, 4.69) is 36.2 Å². The SMILES string of the molecule is Cc1ccc(-c2ccc(CN(C)[C@@H]3C[C@@H]4CC(=O)N(C)C[C@@H]4C3)cc2)o1. The van der Waals surface area contributed by atoms with Gasteiger partial charge in [0, 0.05) is 38.2 Å². The van der Waals surface area contributed by atoms with E-state index < -0.39 is 0 Å². The number of fused-ring (bicyclic) bond motifs is 1. The van der Waals surface area contributed by atoms with Gasteiger partial charge in [0.1, 0.15) is 11.5 Å². The number of benzene rings is 1. The number of nitrogens with zero attached hydrogens (tertiary/aromatic N) is 2. The quantitative estimate of drug-likeness (QED) is 0.836. The summed E-state index contributed by atoms with van der Waals surface area (Å²) >= 11 is 0. The average Bonchev–Trinajstić information content (AvgIpc) is 3.22. The van der Waals surface area contributed by atoms with Crippen molar-refractivity contribution in [2.75, 3.05) is 20.6 Å². The standard InChI is InChI=1S/C22H28N2O2/c1-15-4-9-21(26-15)17-7-5-16(6-8-17)13-23(2)20-10-18-12-22(25)24(3)14-19(18)11-20/h4-9,18-20H,10-14H2,1-3H3/t18-,19+,20-/m1/s1. The number of piperidine rings is 1. The fraction of sp³-hybridized carbons (Fsp3) is 0.500. The smallest absolute Gasteiger partial charge is 0.222 e. The summed E-state index contributed by atoms with van der Waals surface area (Å²) < 4.78 is 5.70. The third kappa shape index (κ3) is 3.43. The van der Waals surface area contributed by atoms with Crippen LogP contribution in [0.25, 0.3) is 11.3 Å². The summed E-state index contributed by atoms with van der Waals surface area (Å²) in [5.74, 6) is 3.44. The van der Waals surface area contributed by atoms with E-state index in [4.69, 9.17) is 4.42 Å². The predicted octanol–water partition coefficient (Wildman–Crippen LogP) is 3.94. The van der Waals surface area contributed by atoms with Crippen molar-refractivity contribution in [1.29, 1.82) is 0 Å². The Balaban J connectivity index is 1.38. The Labute approximate surface area is 155 Å². The van der Waals surface area contributed by atoms with Crippen LogP contribution in [-0.4, -0.2) is 42.4 Å². The van der Waals surface area contributed by atoms with Crippen LogP contribution in [0.4, 0.5) is 0 Å². The second-order valence-corrected chi connectivity index (χ2v) is 8.15. The van der Waals surface area contributed by atoms with Gasteiger partial charge in [-0.2, -0.15) is 0 Å². The summed E-state index contributed by atoms with van der Waals surface area (Å²) in [6.45, 7) is 3.85. The zero-order valence-electron chi connectivity index (χ0n) is 15.9. The molecule has 0 bridgehead atoms. The number of carbonyl (C=O) groups excluding carboxylic acids is 1. The van der Waals surface area contributed by atoms with Gasteiger partial charge < -0.3 is 9.32 Å². The van der Waals surface area contributed by atoms with Gasteiger partial charge in [-0.25, -0.2) is 0 Å². The molecule has 2 aliphatic rings. The Morgan fingerprint density at radius 1 is 1.12 bits per heavy atom. The Bertz CT molecular complexity index is 780. The van der Waals surface area contributed by atoms with E-state index in [1.54, 1.807) is 0 Å². The number of hydrogen-bond donors (Lipinski definition) is 0. The molecule has 1 aliphatic heterocycles. The van der Waals surface area contributed by atoms with Crippen molar-refractivity contribution in [3.05, 3.63) is 47.7 Å². The summed E-state index contributed by atoms with van der Waals surface area (Å²) in [5, 5.41) is 0. The zero-order chi connectivity index (χ0) is 18.3. The first-order valence-electron chi connectivity index (χ1n) is 9.59. The first kappa shape index (κ1) is 17.3. The van der Waals surface area contributed by atoms with E-state index in [9.17, 15) is 4.79 Å². The Hall–Kier alpha value is -2.07. The molecule has 1 saturated carbocycles. The number of aryl methyl sites for hydroxylation is 1. The lowest BCUT2D eigenvalue weighted by molar-refractivity contribution is -0.134. The molecular weight excluding hydrogens is 324 g/mol. The van der Waals surface area contributed by atoms with Crippen LogP contribution in [-0.2, 0) is 11.3 Å². The minimum Gasteiger partial charge on any atom is -0.461 e. The molecule has 3 atom stereocenters. The molecule has 1 saturated heterocycles. The lowest BCUT2D eigenvalue weighted by atomic mass is 9.88. The van der Waals surface area contributed by atoms with E-state index in [1.165, 1.54) is 12.0 Å². The van der Waals surface area contributed by atoms with E-state index in [0.717, 1.165) is 43.0 Å². The molecule has 4 rings (SSSR count). The van der Waals surface area contributed by atoms with Crippen molar-refractivity contribution in [2.45, 2.75) is 38.8 Å². The Morgan fingerprint density at radius 3 is 2.54 bits per heavy atom. The van der Waals surface area contributed by atoms with Gasteiger partial charge in [0.25, 0.3) is 0 Å². The van der Waals surface area contributed by atoms with Crippen LogP contribution in [0, 0.1) is 18.8 Å². The van der Waals surface area contributed by atoms with Gasteiger partial charge >= 0.3 is 0 Å². The first-order valence-corrected chi connectivity index (χ1v) is 9.59. The molecule has 1 amide bonds. The fourth-order valence-electron chi connectivity index (χ4n) is 4.63. The maximum Gasteiger partial charge on any atom is 0.222 e. The molecule has 0 unspecified atom stereocenters. The predicted molar refractivity (Wildman–Crippen MR) is 103 cm³/mol. The molecule has 2 aromatic rings. The Morgan fingerprint density at radius 2 is 1.85 bits per heavy atom. The zero-order valence-corrected chi connectivity index (χ0v) is 15.9. The fourth-order valence-corrected chi connectivity index (χ4v) is 4.63. The lowest BCUT2D eigenvalue weighted by Crippen LogP contribution is -2.39. The largest absolute Gasteiger partial charge is 0.461 e. The molecule has 1 aliphatic carbocycles. The molecule has 4 heteroatoms. The highest BCUT2D eigenvalue weighted by Crippen LogP contribution is 2.40. The summed E-state index contributed by atoms with van der Waals surface area (Å²) in [6.07, 6.45) is 3.11. The van der Waals surface area contributed by atoms with Crippen molar-refractivity contribution in [3.8, 4) is 11.3 Å². The van der Waals surface area contributed by atoms with Gasteiger partial charge in [-0.3, -0.25) is 9.69 Å². The van der Waals surface area contributed by atoms with Gasteiger partial charge in [-0.15, -0.1) is 0 Å². The third-order valence-electron chi connectivity index (χ3n) is 6.22. The van der Waals surface area contributed by atoms with E-state index in [0.29, 0.717) is 23.8 Å². The van der Waals surface area contributed by atoms with Crippen LogP contribution in [0.15, 0.2) is 40.8 Å². The number of amides is 1. The molecule has 138 valence electrons. The molecule has 4 nitrogen and oxygen atoms in total.